The summed E-state index contributed by atoms with van der Waals surface area (Å²) in [6, 6.07) is 13.4. The molecule has 0 aliphatic carbocycles. The van der Waals surface area contributed by atoms with Gasteiger partial charge in [0.05, 0.1) is 12.6 Å². The molecule has 0 saturated carbocycles. The van der Waals surface area contributed by atoms with Crippen LogP contribution >= 0.6 is 11.8 Å². The third kappa shape index (κ3) is 10.2. The first kappa shape index (κ1) is 29.8. The van der Waals surface area contributed by atoms with Crippen molar-refractivity contribution in [3.8, 4) is 0 Å². The van der Waals surface area contributed by atoms with E-state index in [4.69, 9.17) is 5.73 Å². The predicted octanol–water partition coefficient (Wildman–Crippen LogP) is 0.0835. The first-order valence-electron chi connectivity index (χ1n) is 11.8. The summed E-state index contributed by atoms with van der Waals surface area (Å²) in [7, 11) is 0. The Kier molecular flexibility index (Phi) is 12.6. The molecular formula is C26H34N4O6S. The quantitative estimate of drug-likeness (QED) is 0.188. The standard InChI is InChI=1S/C26H34N4O6S/c1-37-13-12-20(24(33)29-21(26(35)36)15-18-10-6-3-7-11-18)28-25(34)22(16-31)30-23(32)19(27)14-17-8-4-2-5-9-17/h2-11,19-22,31H,12-16,27H2,1H3,(H,28,34)(H,29,33)(H,30,32)(H,35,36). The number of carboxylic acids is 1. The van der Waals surface area contributed by atoms with Gasteiger partial charge in [-0.25, -0.2) is 4.79 Å². The molecule has 10 nitrogen and oxygen atoms in total. The highest BCUT2D eigenvalue weighted by Crippen LogP contribution is 2.07. The van der Waals surface area contributed by atoms with Crippen molar-refractivity contribution in [3.05, 3.63) is 71.8 Å². The third-order valence-electron chi connectivity index (χ3n) is 5.59. The smallest absolute Gasteiger partial charge is 0.326 e. The van der Waals surface area contributed by atoms with E-state index in [1.54, 1.807) is 30.3 Å². The maximum absolute atomic E-state index is 13.0. The van der Waals surface area contributed by atoms with Crippen LogP contribution in [0.1, 0.15) is 17.5 Å². The number of benzene rings is 2. The molecule has 0 bridgehead atoms. The molecule has 2 aromatic rings. The zero-order valence-corrected chi connectivity index (χ0v) is 21.4. The van der Waals surface area contributed by atoms with Gasteiger partial charge in [0.15, 0.2) is 0 Å². The van der Waals surface area contributed by atoms with Crippen molar-refractivity contribution in [3.63, 3.8) is 0 Å². The molecule has 7 N–H and O–H groups in total. The lowest BCUT2D eigenvalue weighted by Gasteiger charge is -2.24. The van der Waals surface area contributed by atoms with Gasteiger partial charge in [0.1, 0.15) is 18.1 Å². The Hall–Kier alpha value is -3.41. The number of rotatable bonds is 15. The predicted molar refractivity (Wildman–Crippen MR) is 142 cm³/mol. The summed E-state index contributed by atoms with van der Waals surface area (Å²) in [5, 5.41) is 26.8. The zero-order valence-electron chi connectivity index (χ0n) is 20.6. The van der Waals surface area contributed by atoms with Crippen molar-refractivity contribution in [2.45, 2.75) is 43.4 Å². The molecular weight excluding hydrogens is 496 g/mol. The van der Waals surface area contributed by atoms with Crippen LogP contribution in [0, 0.1) is 0 Å². The Balaban J connectivity index is 2.02. The van der Waals surface area contributed by atoms with E-state index in [0.717, 1.165) is 11.1 Å². The average molecular weight is 531 g/mol. The highest BCUT2D eigenvalue weighted by molar-refractivity contribution is 7.98. The number of carboxylic acid groups (broad SMARTS) is 1. The summed E-state index contributed by atoms with van der Waals surface area (Å²) in [6.07, 6.45) is 2.36. The Morgan fingerprint density at radius 3 is 1.78 bits per heavy atom. The molecule has 2 rings (SSSR count). The molecule has 0 aliphatic rings. The van der Waals surface area contributed by atoms with E-state index in [1.807, 2.05) is 36.6 Å². The second-order valence-electron chi connectivity index (χ2n) is 8.47. The van der Waals surface area contributed by atoms with E-state index < -0.39 is 54.5 Å². The van der Waals surface area contributed by atoms with Crippen molar-refractivity contribution in [2.75, 3.05) is 18.6 Å². The Bertz CT molecular complexity index is 1020. The number of amides is 3. The van der Waals surface area contributed by atoms with Gasteiger partial charge in [-0.15, -0.1) is 0 Å². The molecule has 0 radical (unpaired) electrons. The minimum absolute atomic E-state index is 0.0692. The van der Waals surface area contributed by atoms with E-state index in [1.165, 1.54) is 11.8 Å². The van der Waals surface area contributed by atoms with Crippen LogP contribution < -0.4 is 21.7 Å². The lowest BCUT2D eigenvalue weighted by atomic mass is 10.0. The van der Waals surface area contributed by atoms with Crippen LogP contribution in [-0.2, 0) is 32.0 Å². The molecule has 3 amide bonds. The molecule has 37 heavy (non-hydrogen) atoms. The number of carbonyl (C=O) groups excluding carboxylic acids is 3. The molecule has 0 fully saturated rings. The lowest BCUT2D eigenvalue weighted by molar-refractivity contribution is -0.142. The number of hydrogen-bond acceptors (Lipinski definition) is 7. The van der Waals surface area contributed by atoms with Crippen LogP contribution in [0.25, 0.3) is 0 Å². The van der Waals surface area contributed by atoms with E-state index >= 15 is 0 Å². The first-order chi connectivity index (χ1) is 17.7. The third-order valence-corrected chi connectivity index (χ3v) is 6.24. The van der Waals surface area contributed by atoms with E-state index in [0.29, 0.717) is 5.75 Å². The number of nitrogens with two attached hydrogens (primary N) is 1. The molecule has 4 atom stereocenters. The summed E-state index contributed by atoms with van der Waals surface area (Å²) in [6.45, 7) is -0.710. The molecule has 0 saturated heterocycles. The molecule has 0 heterocycles. The second kappa shape index (κ2) is 15.6. The maximum Gasteiger partial charge on any atom is 0.326 e. The van der Waals surface area contributed by atoms with Gasteiger partial charge in [0.25, 0.3) is 0 Å². The van der Waals surface area contributed by atoms with Crippen LogP contribution in [0.5, 0.6) is 0 Å². The summed E-state index contributed by atoms with van der Waals surface area (Å²) < 4.78 is 0. The average Bonchev–Trinajstić information content (AvgIpc) is 2.89. The van der Waals surface area contributed by atoms with Gasteiger partial charge < -0.3 is 31.9 Å². The largest absolute Gasteiger partial charge is 0.480 e. The minimum Gasteiger partial charge on any atom is -0.480 e. The molecule has 2 aromatic carbocycles. The number of aliphatic hydroxyl groups excluding tert-OH is 1. The van der Waals surface area contributed by atoms with Crippen molar-refractivity contribution < 1.29 is 29.4 Å². The Morgan fingerprint density at radius 1 is 0.784 bits per heavy atom. The molecule has 0 aliphatic heterocycles. The number of aliphatic hydroxyl groups is 1. The van der Waals surface area contributed by atoms with Crippen molar-refractivity contribution in [2.24, 2.45) is 5.73 Å². The SMILES string of the molecule is CSCCC(NC(=O)C(CO)NC(=O)C(N)Cc1ccccc1)C(=O)NC(Cc1ccccc1)C(=O)O. The first-order valence-corrected chi connectivity index (χ1v) is 13.2. The van der Waals surface area contributed by atoms with Crippen LogP contribution in [0.15, 0.2) is 60.7 Å². The van der Waals surface area contributed by atoms with E-state index in [-0.39, 0.29) is 19.3 Å². The summed E-state index contributed by atoms with van der Waals surface area (Å²) >= 11 is 1.45. The summed E-state index contributed by atoms with van der Waals surface area (Å²) in [5.74, 6) is -2.78. The topological polar surface area (TPSA) is 171 Å². The van der Waals surface area contributed by atoms with Gasteiger partial charge in [0.2, 0.25) is 17.7 Å². The fourth-order valence-electron chi connectivity index (χ4n) is 3.53. The fraction of sp³-hybridized carbons (Fsp3) is 0.385. The van der Waals surface area contributed by atoms with Crippen molar-refractivity contribution in [1.29, 1.82) is 0 Å². The Morgan fingerprint density at radius 2 is 1.27 bits per heavy atom. The fourth-order valence-corrected chi connectivity index (χ4v) is 4.00. The second-order valence-corrected chi connectivity index (χ2v) is 9.46. The van der Waals surface area contributed by atoms with Gasteiger partial charge in [-0.1, -0.05) is 60.7 Å². The summed E-state index contributed by atoms with van der Waals surface area (Å²) in [5.41, 5.74) is 7.54. The number of aliphatic carboxylic acids is 1. The monoisotopic (exact) mass is 530 g/mol. The van der Waals surface area contributed by atoms with Gasteiger partial charge >= 0.3 is 5.97 Å². The summed E-state index contributed by atoms with van der Waals surface area (Å²) in [4.78, 5) is 50.1. The highest BCUT2D eigenvalue weighted by atomic mass is 32.2. The van der Waals surface area contributed by atoms with Gasteiger partial charge in [-0.3, -0.25) is 14.4 Å². The number of nitrogens with one attached hydrogen (secondary N) is 3. The van der Waals surface area contributed by atoms with Crippen LogP contribution in [0.3, 0.4) is 0 Å². The number of carbonyl (C=O) groups is 4. The molecule has 4 unspecified atom stereocenters. The molecule has 0 spiro atoms. The van der Waals surface area contributed by atoms with Crippen LogP contribution in [0.2, 0.25) is 0 Å². The zero-order chi connectivity index (χ0) is 27.2. The maximum atomic E-state index is 13.0. The molecule has 0 aromatic heterocycles. The van der Waals surface area contributed by atoms with Crippen molar-refractivity contribution in [1.82, 2.24) is 16.0 Å². The number of hydrogen-bond donors (Lipinski definition) is 6. The van der Waals surface area contributed by atoms with Gasteiger partial charge in [-0.2, -0.15) is 11.8 Å². The Labute approximate surface area is 220 Å². The van der Waals surface area contributed by atoms with Crippen LogP contribution in [0.4, 0.5) is 0 Å². The van der Waals surface area contributed by atoms with Crippen molar-refractivity contribution >= 4 is 35.5 Å². The van der Waals surface area contributed by atoms with Gasteiger partial charge in [0, 0.05) is 6.42 Å². The highest BCUT2D eigenvalue weighted by Gasteiger charge is 2.30. The molecule has 200 valence electrons. The lowest BCUT2D eigenvalue weighted by Crippen LogP contribution is -2.58. The molecule has 11 heteroatoms. The van der Waals surface area contributed by atoms with E-state index in [2.05, 4.69) is 16.0 Å². The van der Waals surface area contributed by atoms with Crippen LogP contribution in [-0.4, -0.2) is 76.7 Å². The van der Waals surface area contributed by atoms with E-state index in [9.17, 15) is 29.4 Å². The minimum atomic E-state index is -1.33. The van der Waals surface area contributed by atoms with Gasteiger partial charge in [-0.05, 0) is 36.0 Å². The normalized spacial score (nSPS) is 14.0. The number of thioether (sulfide) groups is 1.